The molecule has 126 valence electrons. The molecule has 0 aliphatic rings. The highest BCUT2D eigenvalue weighted by molar-refractivity contribution is 6.32. The summed E-state index contributed by atoms with van der Waals surface area (Å²) in [6.07, 6.45) is 0.886. The third kappa shape index (κ3) is 3.28. The fourth-order valence-electron chi connectivity index (χ4n) is 3.23. The average Bonchev–Trinajstić information content (AvgIpc) is 2.90. The van der Waals surface area contributed by atoms with Crippen molar-refractivity contribution in [3.05, 3.63) is 64.3 Å². The summed E-state index contributed by atoms with van der Waals surface area (Å²) < 4.78 is 5.52. The van der Waals surface area contributed by atoms with E-state index in [9.17, 15) is 0 Å². The van der Waals surface area contributed by atoms with Crippen molar-refractivity contribution in [2.24, 2.45) is 5.73 Å². The zero-order valence-electron chi connectivity index (χ0n) is 14.1. The molecule has 4 heteroatoms. The summed E-state index contributed by atoms with van der Waals surface area (Å²) in [7, 11) is 0. The van der Waals surface area contributed by atoms with Crippen molar-refractivity contribution in [2.75, 3.05) is 13.2 Å². The van der Waals surface area contributed by atoms with Crippen molar-refractivity contribution in [1.82, 2.24) is 4.98 Å². The largest absolute Gasteiger partial charge is 0.492 e. The molecule has 0 amide bonds. The zero-order valence-corrected chi connectivity index (χ0v) is 14.9. The lowest BCUT2D eigenvalue weighted by Gasteiger charge is -2.17. The van der Waals surface area contributed by atoms with Crippen molar-refractivity contribution in [1.29, 1.82) is 0 Å². The molecule has 0 bridgehead atoms. The van der Waals surface area contributed by atoms with E-state index in [1.807, 2.05) is 19.1 Å². The number of aromatic nitrogens is 1. The second kappa shape index (κ2) is 7.29. The molecular weight excluding hydrogens is 320 g/mol. The highest BCUT2D eigenvalue weighted by atomic mass is 35.5. The Hall–Kier alpha value is -1.97. The molecule has 1 heterocycles. The molecule has 1 aromatic heterocycles. The lowest BCUT2D eigenvalue weighted by Crippen LogP contribution is -2.15. The maximum Gasteiger partial charge on any atom is 0.137 e. The molecule has 24 heavy (non-hydrogen) atoms. The van der Waals surface area contributed by atoms with Crippen molar-refractivity contribution in [3.63, 3.8) is 0 Å². The summed E-state index contributed by atoms with van der Waals surface area (Å²) in [5.74, 6) is 0.943. The molecule has 1 unspecified atom stereocenters. The molecule has 0 saturated carbocycles. The number of hydrogen-bond acceptors (Lipinski definition) is 2. The first-order valence-corrected chi connectivity index (χ1v) is 8.70. The van der Waals surface area contributed by atoms with E-state index in [1.54, 1.807) is 0 Å². The van der Waals surface area contributed by atoms with Gasteiger partial charge < -0.3 is 15.5 Å². The summed E-state index contributed by atoms with van der Waals surface area (Å²) in [4.78, 5) is 3.46. The van der Waals surface area contributed by atoms with Crippen LogP contribution in [0.4, 0.5) is 0 Å². The van der Waals surface area contributed by atoms with Gasteiger partial charge in [-0.25, -0.2) is 0 Å². The van der Waals surface area contributed by atoms with Gasteiger partial charge in [0.2, 0.25) is 0 Å². The number of ether oxygens (including phenoxy) is 1. The van der Waals surface area contributed by atoms with Crippen LogP contribution in [0.1, 0.15) is 29.7 Å². The Balaban J connectivity index is 1.92. The van der Waals surface area contributed by atoms with E-state index in [0.29, 0.717) is 18.2 Å². The first-order chi connectivity index (χ1) is 11.6. The number of fused-ring (bicyclic) bond motifs is 1. The van der Waals surface area contributed by atoms with Crippen molar-refractivity contribution in [3.8, 4) is 5.75 Å². The molecule has 2 aromatic carbocycles. The second-order valence-electron chi connectivity index (χ2n) is 6.03. The number of hydrogen-bond donors (Lipinski definition) is 2. The van der Waals surface area contributed by atoms with Gasteiger partial charge in [-0.15, -0.1) is 0 Å². The van der Waals surface area contributed by atoms with Crippen molar-refractivity contribution >= 4 is 22.5 Å². The van der Waals surface area contributed by atoms with E-state index in [-0.39, 0.29) is 5.92 Å². The molecule has 3 aromatic rings. The molecular formula is C20H23ClN2O. The van der Waals surface area contributed by atoms with E-state index in [0.717, 1.165) is 17.7 Å². The number of para-hydroxylation sites is 1. The van der Waals surface area contributed by atoms with Crippen LogP contribution in [0, 0.1) is 6.92 Å². The second-order valence-corrected chi connectivity index (χ2v) is 6.44. The van der Waals surface area contributed by atoms with Gasteiger partial charge in [-0.2, -0.15) is 0 Å². The van der Waals surface area contributed by atoms with Crippen LogP contribution in [0.15, 0.2) is 42.5 Å². The molecule has 0 saturated heterocycles. The Bertz CT molecular complexity index is 841. The Labute approximate surface area is 147 Å². The van der Waals surface area contributed by atoms with E-state index in [1.165, 1.54) is 22.2 Å². The van der Waals surface area contributed by atoms with Gasteiger partial charge in [0.1, 0.15) is 5.75 Å². The molecule has 0 aliphatic heterocycles. The number of benzene rings is 2. The van der Waals surface area contributed by atoms with Crippen LogP contribution in [0.2, 0.25) is 5.02 Å². The van der Waals surface area contributed by atoms with Gasteiger partial charge in [0.25, 0.3) is 0 Å². The number of nitrogens with one attached hydrogen (secondary N) is 1. The fourth-order valence-corrected chi connectivity index (χ4v) is 3.47. The Morgan fingerprint density at radius 3 is 2.71 bits per heavy atom. The maximum atomic E-state index is 6.35. The lowest BCUT2D eigenvalue weighted by molar-refractivity contribution is 0.340. The monoisotopic (exact) mass is 342 g/mol. The van der Waals surface area contributed by atoms with Crippen LogP contribution < -0.4 is 10.5 Å². The highest BCUT2D eigenvalue weighted by Crippen LogP contribution is 2.32. The van der Waals surface area contributed by atoms with Gasteiger partial charge in [0, 0.05) is 22.5 Å². The minimum atomic E-state index is 0.219. The van der Waals surface area contributed by atoms with Crippen LogP contribution in [0.5, 0.6) is 5.75 Å². The minimum Gasteiger partial charge on any atom is -0.492 e. The summed E-state index contributed by atoms with van der Waals surface area (Å²) in [5, 5.41) is 1.91. The van der Waals surface area contributed by atoms with Gasteiger partial charge in [-0.05, 0) is 56.1 Å². The summed E-state index contributed by atoms with van der Waals surface area (Å²) in [5.41, 5.74) is 10.9. The molecule has 0 spiro atoms. The van der Waals surface area contributed by atoms with Crippen LogP contribution in [0.25, 0.3) is 10.9 Å². The van der Waals surface area contributed by atoms with E-state index < -0.39 is 0 Å². The normalized spacial score (nSPS) is 12.5. The number of rotatable bonds is 6. The SMILES string of the molecule is CCOc1ccc(C(CN)Cc2c(C)[nH]c3ccccc23)cc1Cl. The highest BCUT2D eigenvalue weighted by Gasteiger charge is 2.17. The van der Waals surface area contributed by atoms with Gasteiger partial charge >= 0.3 is 0 Å². The predicted octanol–water partition coefficient (Wildman–Crippen LogP) is 4.81. The summed E-state index contributed by atoms with van der Waals surface area (Å²) in [6.45, 7) is 5.25. The molecule has 0 fully saturated rings. The molecule has 3 nitrogen and oxygen atoms in total. The first-order valence-electron chi connectivity index (χ1n) is 8.32. The number of aryl methyl sites for hydroxylation is 1. The van der Waals surface area contributed by atoms with Crippen LogP contribution in [-0.4, -0.2) is 18.1 Å². The molecule has 0 radical (unpaired) electrons. The summed E-state index contributed by atoms with van der Waals surface area (Å²) >= 11 is 6.35. The number of H-pyrrole nitrogens is 1. The van der Waals surface area contributed by atoms with E-state index in [4.69, 9.17) is 22.1 Å². The molecule has 3 rings (SSSR count). The minimum absolute atomic E-state index is 0.219. The standard InChI is InChI=1S/C20H23ClN2O/c1-3-24-20-9-8-14(11-18(20)21)15(12-22)10-17-13(2)23-19-7-5-4-6-16(17)19/h4-9,11,15,23H,3,10,12,22H2,1-2H3. The lowest BCUT2D eigenvalue weighted by atomic mass is 9.91. The zero-order chi connectivity index (χ0) is 17.1. The third-order valence-corrected chi connectivity index (χ3v) is 4.78. The van der Waals surface area contributed by atoms with Gasteiger partial charge in [0.15, 0.2) is 0 Å². The maximum absolute atomic E-state index is 6.35. The number of aromatic amines is 1. The van der Waals surface area contributed by atoms with Crippen molar-refractivity contribution in [2.45, 2.75) is 26.2 Å². The molecule has 1 atom stereocenters. The van der Waals surface area contributed by atoms with E-state index >= 15 is 0 Å². The first kappa shape index (κ1) is 16.9. The predicted molar refractivity (Wildman–Crippen MR) is 101 cm³/mol. The van der Waals surface area contributed by atoms with Crippen LogP contribution >= 0.6 is 11.6 Å². The molecule has 0 aliphatic carbocycles. The van der Waals surface area contributed by atoms with Gasteiger partial charge in [-0.3, -0.25) is 0 Å². The number of halogens is 1. The quantitative estimate of drug-likeness (QED) is 0.675. The number of nitrogens with two attached hydrogens (primary N) is 1. The average molecular weight is 343 g/mol. The fraction of sp³-hybridized carbons (Fsp3) is 0.300. The topological polar surface area (TPSA) is 51.0 Å². The smallest absolute Gasteiger partial charge is 0.137 e. The van der Waals surface area contributed by atoms with E-state index in [2.05, 4.69) is 42.2 Å². The van der Waals surface area contributed by atoms with Crippen LogP contribution in [-0.2, 0) is 6.42 Å². The van der Waals surface area contributed by atoms with Gasteiger partial charge in [-0.1, -0.05) is 35.9 Å². The molecule has 3 N–H and O–H groups in total. The Morgan fingerprint density at radius 2 is 2.00 bits per heavy atom. The third-order valence-electron chi connectivity index (χ3n) is 4.49. The van der Waals surface area contributed by atoms with Crippen molar-refractivity contribution < 1.29 is 4.74 Å². The Morgan fingerprint density at radius 1 is 1.21 bits per heavy atom. The van der Waals surface area contributed by atoms with Crippen LogP contribution in [0.3, 0.4) is 0 Å². The summed E-state index contributed by atoms with van der Waals surface area (Å²) in [6, 6.07) is 14.4. The Kier molecular flexibility index (Phi) is 5.12. The van der Waals surface area contributed by atoms with Gasteiger partial charge in [0.05, 0.1) is 11.6 Å².